The van der Waals surface area contributed by atoms with Gasteiger partial charge in [0.25, 0.3) is 5.91 Å². The van der Waals surface area contributed by atoms with E-state index in [1.54, 1.807) is 18.5 Å². The van der Waals surface area contributed by atoms with Crippen LogP contribution in [0.25, 0.3) is 0 Å². The summed E-state index contributed by atoms with van der Waals surface area (Å²) < 4.78 is 0. The first-order chi connectivity index (χ1) is 8.08. The van der Waals surface area contributed by atoms with Crippen LogP contribution in [-0.2, 0) is 0 Å². The first-order valence-electron chi connectivity index (χ1n) is 4.91. The molecule has 6 heteroatoms. The van der Waals surface area contributed by atoms with Crippen LogP contribution in [0.15, 0.2) is 17.8 Å². The highest BCUT2D eigenvalue weighted by Gasteiger charge is 2.12. The lowest BCUT2D eigenvalue weighted by Crippen LogP contribution is -2.11. The number of rotatable bonds is 2. The smallest absolute Gasteiger partial charge is 0.267 e. The van der Waals surface area contributed by atoms with E-state index in [0.29, 0.717) is 15.7 Å². The predicted octanol–water partition coefficient (Wildman–Crippen LogP) is 3.06. The van der Waals surface area contributed by atoms with Crippen molar-refractivity contribution in [1.29, 1.82) is 0 Å². The van der Waals surface area contributed by atoms with Crippen LogP contribution in [0.2, 0.25) is 5.15 Å². The number of carbonyl (C=O) groups excluding carboxylic acids is 1. The third-order valence-corrected chi connectivity index (χ3v) is 3.55. The van der Waals surface area contributed by atoms with E-state index in [4.69, 9.17) is 11.6 Å². The van der Waals surface area contributed by atoms with Gasteiger partial charge in [0, 0.05) is 0 Å². The number of halogens is 1. The zero-order valence-electron chi connectivity index (χ0n) is 9.32. The zero-order valence-corrected chi connectivity index (χ0v) is 10.9. The minimum absolute atomic E-state index is 0.173. The van der Waals surface area contributed by atoms with Crippen molar-refractivity contribution in [2.24, 2.45) is 0 Å². The van der Waals surface area contributed by atoms with E-state index in [-0.39, 0.29) is 5.91 Å². The van der Waals surface area contributed by atoms with Crippen LogP contribution in [-0.4, -0.2) is 15.9 Å². The number of aromatic nitrogens is 2. The average Bonchev–Trinajstić information content (AvgIpc) is 2.70. The van der Waals surface area contributed by atoms with Crippen LogP contribution in [0.1, 0.15) is 20.9 Å². The summed E-state index contributed by atoms with van der Waals surface area (Å²) in [6, 6.07) is 1.78. The summed E-state index contributed by atoms with van der Waals surface area (Å²) in [7, 11) is 0. The summed E-state index contributed by atoms with van der Waals surface area (Å²) in [5, 5.41) is 3.21. The fourth-order valence-corrected chi connectivity index (χ4v) is 2.14. The minimum Gasteiger partial charge on any atom is -0.320 e. The van der Waals surface area contributed by atoms with Crippen molar-refractivity contribution in [3.05, 3.63) is 39.1 Å². The number of amides is 1. The SMILES string of the molecule is Cc1cc(NC(=O)c2scnc2C)cnc1Cl. The topological polar surface area (TPSA) is 54.9 Å². The molecule has 2 heterocycles. The molecular weight excluding hydrogens is 258 g/mol. The maximum Gasteiger partial charge on any atom is 0.267 e. The first kappa shape index (κ1) is 12.0. The summed E-state index contributed by atoms with van der Waals surface area (Å²) in [4.78, 5) is 20.5. The number of hydrogen-bond donors (Lipinski definition) is 1. The molecule has 0 bridgehead atoms. The van der Waals surface area contributed by atoms with E-state index < -0.39 is 0 Å². The van der Waals surface area contributed by atoms with Crippen molar-refractivity contribution in [2.45, 2.75) is 13.8 Å². The molecular formula is C11H10ClN3OS. The fourth-order valence-electron chi connectivity index (χ4n) is 1.33. The Labute approximate surface area is 108 Å². The lowest BCUT2D eigenvalue weighted by atomic mass is 10.3. The molecule has 1 N–H and O–H groups in total. The van der Waals surface area contributed by atoms with Gasteiger partial charge in [-0.25, -0.2) is 9.97 Å². The third kappa shape index (κ3) is 2.62. The molecule has 2 aromatic rings. The molecule has 0 aliphatic carbocycles. The number of nitrogens with one attached hydrogen (secondary N) is 1. The predicted molar refractivity (Wildman–Crippen MR) is 68.8 cm³/mol. The summed E-state index contributed by atoms with van der Waals surface area (Å²) in [5.41, 5.74) is 3.83. The molecule has 2 aromatic heterocycles. The molecule has 0 radical (unpaired) electrons. The molecule has 2 rings (SSSR count). The monoisotopic (exact) mass is 267 g/mol. The Bertz CT molecular complexity index is 568. The lowest BCUT2D eigenvalue weighted by Gasteiger charge is -2.05. The first-order valence-corrected chi connectivity index (χ1v) is 6.17. The molecule has 0 aliphatic heterocycles. The van der Waals surface area contributed by atoms with Gasteiger partial charge < -0.3 is 5.32 Å². The normalized spacial score (nSPS) is 10.3. The number of carbonyl (C=O) groups is 1. The molecule has 0 spiro atoms. The largest absolute Gasteiger partial charge is 0.320 e. The Balaban J connectivity index is 2.19. The summed E-state index contributed by atoms with van der Waals surface area (Å²) >= 11 is 7.12. The molecule has 0 unspecified atom stereocenters. The maximum atomic E-state index is 11.9. The van der Waals surface area contributed by atoms with E-state index in [9.17, 15) is 4.79 Å². The van der Waals surface area contributed by atoms with Crippen LogP contribution in [0.3, 0.4) is 0 Å². The number of thiazole rings is 1. The molecule has 17 heavy (non-hydrogen) atoms. The fraction of sp³-hybridized carbons (Fsp3) is 0.182. The van der Waals surface area contributed by atoms with Crippen LogP contribution >= 0.6 is 22.9 Å². The summed E-state index contributed by atoms with van der Waals surface area (Å²) in [5.74, 6) is -0.173. The Hall–Kier alpha value is -1.46. The van der Waals surface area contributed by atoms with Crippen molar-refractivity contribution < 1.29 is 4.79 Å². The van der Waals surface area contributed by atoms with E-state index in [0.717, 1.165) is 11.3 Å². The van der Waals surface area contributed by atoms with E-state index in [1.165, 1.54) is 17.5 Å². The maximum absolute atomic E-state index is 11.9. The highest BCUT2D eigenvalue weighted by atomic mass is 35.5. The Kier molecular flexibility index (Phi) is 3.40. The second kappa shape index (κ2) is 4.81. The lowest BCUT2D eigenvalue weighted by molar-refractivity contribution is 0.103. The summed E-state index contributed by atoms with van der Waals surface area (Å²) in [6.07, 6.45) is 1.53. The Morgan fingerprint density at radius 1 is 1.41 bits per heavy atom. The number of anilines is 1. The van der Waals surface area contributed by atoms with Gasteiger partial charge in [0.1, 0.15) is 10.0 Å². The molecule has 0 aliphatic rings. The molecule has 0 aromatic carbocycles. The number of nitrogens with zero attached hydrogens (tertiary/aromatic N) is 2. The van der Waals surface area contributed by atoms with E-state index in [1.807, 2.05) is 6.92 Å². The molecule has 0 saturated heterocycles. The highest BCUT2D eigenvalue weighted by Crippen LogP contribution is 2.18. The van der Waals surface area contributed by atoms with Gasteiger partial charge in [-0.3, -0.25) is 4.79 Å². The third-order valence-electron chi connectivity index (χ3n) is 2.22. The van der Waals surface area contributed by atoms with Crippen molar-refractivity contribution in [2.75, 3.05) is 5.32 Å². The molecule has 0 atom stereocenters. The number of hydrogen-bond acceptors (Lipinski definition) is 4. The van der Waals surface area contributed by atoms with Gasteiger partial charge in [0.2, 0.25) is 0 Å². The highest BCUT2D eigenvalue weighted by molar-refractivity contribution is 7.12. The van der Waals surface area contributed by atoms with E-state index in [2.05, 4.69) is 15.3 Å². The molecule has 4 nitrogen and oxygen atoms in total. The van der Waals surface area contributed by atoms with Gasteiger partial charge in [0.05, 0.1) is 23.1 Å². The standard InChI is InChI=1S/C11H10ClN3OS/c1-6-3-8(4-13-10(6)12)15-11(16)9-7(2)14-5-17-9/h3-5H,1-2H3,(H,15,16). The van der Waals surface area contributed by atoms with Crippen molar-refractivity contribution >= 4 is 34.5 Å². The van der Waals surface area contributed by atoms with Crippen molar-refractivity contribution in [3.63, 3.8) is 0 Å². The molecule has 0 saturated carbocycles. The molecule has 88 valence electrons. The van der Waals surface area contributed by atoms with E-state index >= 15 is 0 Å². The van der Waals surface area contributed by atoms with Gasteiger partial charge in [-0.2, -0.15) is 0 Å². The van der Waals surface area contributed by atoms with Crippen LogP contribution in [0.5, 0.6) is 0 Å². The Morgan fingerprint density at radius 2 is 2.18 bits per heavy atom. The van der Waals surface area contributed by atoms with Gasteiger partial charge in [0.15, 0.2) is 0 Å². The minimum atomic E-state index is -0.173. The number of pyridine rings is 1. The van der Waals surface area contributed by atoms with Gasteiger partial charge in [-0.05, 0) is 25.5 Å². The summed E-state index contributed by atoms with van der Waals surface area (Å²) in [6.45, 7) is 3.64. The van der Waals surface area contributed by atoms with Crippen LogP contribution in [0.4, 0.5) is 5.69 Å². The number of aryl methyl sites for hydroxylation is 2. The molecule has 1 amide bonds. The van der Waals surface area contributed by atoms with Gasteiger partial charge >= 0.3 is 0 Å². The second-order valence-electron chi connectivity index (χ2n) is 3.55. The van der Waals surface area contributed by atoms with Crippen LogP contribution in [0, 0.1) is 13.8 Å². The van der Waals surface area contributed by atoms with Crippen molar-refractivity contribution in [3.8, 4) is 0 Å². The van der Waals surface area contributed by atoms with Gasteiger partial charge in [-0.15, -0.1) is 11.3 Å². The quantitative estimate of drug-likeness (QED) is 0.851. The zero-order chi connectivity index (χ0) is 12.4. The Morgan fingerprint density at radius 3 is 2.76 bits per heavy atom. The van der Waals surface area contributed by atoms with Crippen molar-refractivity contribution in [1.82, 2.24) is 9.97 Å². The average molecular weight is 268 g/mol. The van der Waals surface area contributed by atoms with Gasteiger partial charge in [-0.1, -0.05) is 11.6 Å². The van der Waals surface area contributed by atoms with Crippen LogP contribution < -0.4 is 5.32 Å². The molecule has 0 fully saturated rings. The second-order valence-corrected chi connectivity index (χ2v) is 4.77.